The molecule has 5 heteroatoms. The summed E-state index contributed by atoms with van der Waals surface area (Å²) in [7, 11) is 1.64. The maximum atomic E-state index is 6.02. The molecule has 0 aliphatic carbocycles. The molecule has 0 saturated heterocycles. The minimum atomic E-state index is 0.370. The highest BCUT2D eigenvalue weighted by Crippen LogP contribution is 2.27. The average Bonchev–Trinajstić information content (AvgIpc) is 3.13. The maximum Gasteiger partial charge on any atom is 0.161 e. The van der Waals surface area contributed by atoms with Crippen LogP contribution < -0.4 is 14.2 Å². The molecule has 1 heterocycles. The number of nitrogens with zero attached hydrogens (tertiary/aromatic N) is 2. The molecule has 0 bridgehead atoms. The molecule has 0 unspecified atom stereocenters. The van der Waals surface area contributed by atoms with E-state index in [1.807, 2.05) is 72.8 Å². The predicted octanol–water partition coefficient (Wildman–Crippen LogP) is 5.09. The Morgan fingerprint density at radius 2 is 1.52 bits per heavy atom. The SMILES string of the molecule is COc1ccccc1OCc1nc2ccccc2n1CCCOc1ccccc1. The molecule has 0 amide bonds. The van der Waals surface area contributed by atoms with Gasteiger partial charge in [0.1, 0.15) is 18.2 Å². The molecule has 29 heavy (non-hydrogen) atoms. The summed E-state index contributed by atoms with van der Waals surface area (Å²) >= 11 is 0. The number of ether oxygens (including phenoxy) is 3. The van der Waals surface area contributed by atoms with Crippen LogP contribution in [0.1, 0.15) is 12.2 Å². The number of hydrogen-bond acceptors (Lipinski definition) is 4. The molecule has 4 aromatic rings. The van der Waals surface area contributed by atoms with Crippen LogP contribution in [0.2, 0.25) is 0 Å². The van der Waals surface area contributed by atoms with Gasteiger partial charge in [-0.3, -0.25) is 0 Å². The van der Waals surface area contributed by atoms with Crippen molar-refractivity contribution < 1.29 is 14.2 Å². The van der Waals surface area contributed by atoms with Crippen molar-refractivity contribution in [3.8, 4) is 17.2 Å². The Morgan fingerprint density at radius 1 is 0.793 bits per heavy atom. The fourth-order valence-electron chi connectivity index (χ4n) is 3.29. The second kappa shape index (κ2) is 9.15. The molecule has 0 spiro atoms. The van der Waals surface area contributed by atoms with Gasteiger partial charge in [-0.25, -0.2) is 4.98 Å². The number of para-hydroxylation sites is 5. The van der Waals surface area contributed by atoms with E-state index in [1.54, 1.807) is 7.11 Å². The molecule has 0 radical (unpaired) electrons. The number of hydrogen-bond donors (Lipinski definition) is 0. The Balaban J connectivity index is 1.47. The first-order valence-corrected chi connectivity index (χ1v) is 9.73. The van der Waals surface area contributed by atoms with Gasteiger partial charge in [0.15, 0.2) is 11.5 Å². The topological polar surface area (TPSA) is 45.5 Å². The maximum absolute atomic E-state index is 6.02. The highest BCUT2D eigenvalue weighted by molar-refractivity contribution is 5.75. The van der Waals surface area contributed by atoms with Crippen LogP contribution in [-0.2, 0) is 13.2 Å². The zero-order valence-electron chi connectivity index (χ0n) is 16.5. The van der Waals surface area contributed by atoms with Crippen LogP contribution in [0.15, 0.2) is 78.9 Å². The van der Waals surface area contributed by atoms with E-state index in [9.17, 15) is 0 Å². The summed E-state index contributed by atoms with van der Waals surface area (Å²) in [5, 5.41) is 0. The Bertz CT molecular complexity index is 1060. The van der Waals surface area contributed by atoms with Crippen molar-refractivity contribution in [2.24, 2.45) is 0 Å². The highest BCUT2D eigenvalue weighted by atomic mass is 16.5. The highest BCUT2D eigenvalue weighted by Gasteiger charge is 2.12. The zero-order chi connectivity index (χ0) is 19.9. The lowest BCUT2D eigenvalue weighted by molar-refractivity contribution is 0.267. The van der Waals surface area contributed by atoms with Crippen LogP contribution in [0, 0.1) is 0 Å². The molecule has 1 aromatic heterocycles. The standard InChI is InChI=1S/C24H24N2O3/c1-27-22-14-7-8-15-23(22)29-18-24-25-20-12-5-6-13-21(20)26(24)16-9-17-28-19-10-3-2-4-11-19/h2-8,10-15H,9,16-18H2,1H3. The minimum absolute atomic E-state index is 0.370. The zero-order valence-corrected chi connectivity index (χ0v) is 16.5. The van der Waals surface area contributed by atoms with Crippen LogP contribution in [0.5, 0.6) is 17.2 Å². The normalized spacial score (nSPS) is 10.8. The summed E-state index contributed by atoms with van der Waals surface area (Å²) in [5.74, 6) is 3.20. The summed E-state index contributed by atoms with van der Waals surface area (Å²) in [6, 6.07) is 25.7. The van der Waals surface area contributed by atoms with Crippen molar-refractivity contribution in [1.29, 1.82) is 0 Å². The molecule has 0 atom stereocenters. The van der Waals surface area contributed by atoms with Crippen molar-refractivity contribution in [3.05, 3.63) is 84.7 Å². The first kappa shape index (κ1) is 18.9. The summed E-state index contributed by atoms with van der Waals surface area (Å²) in [6.45, 7) is 1.82. The number of fused-ring (bicyclic) bond motifs is 1. The van der Waals surface area contributed by atoms with Gasteiger partial charge in [0.2, 0.25) is 0 Å². The lowest BCUT2D eigenvalue weighted by atomic mass is 10.3. The molecule has 0 aliphatic rings. The van der Waals surface area contributed by atoms with E-state index in [1.165, 1.54) is 0 Å². The number of aromatic nitrogens is 2. The number of rotatable bonds is 9. The van der Waals surface area contributed by atoms with Gasteiger partial charge in [-0.2, -0.15) is 0 Å². The molecule has 3 aromatic carbocycles. The molecular formula is C24H24N2O3. The molecule has 0 fully saturated rings. The van der Waals surface area contributed by atoms with Crippen molar-refractivity contribution in [2.75, 3.05) is 13.7 Å². The van der Waals surface area contributed by atoms with E-state index in [4.69, 9.17) is 19.2 Å². The average molecular weight is 388 g/mol. The van der Waals surface area contributed by atoms with Gasteiger partial charge in [-0.05, 0) is 42.8 Å². The van der Waals surface area contributed by atoms with Gasteiger partial charge in [0.25, 0.3) is 0 Å². The third-order valence-corrected chi connectivity index (χ3v) is 4.70. The van der Waals surface area contributed by atoms with E-state index < -0.39 is 0 Å². The molecule has 0 aliphatic heterocycles. The van der Waals surface area contributed by atoms with E-state index in [2.05, 4.69) is 10.6 Å². The summed E-state index contributed by atoms with van der Waals surface area (Å²) in [5.41, 5.74) is 2.07. The van der Waals surface area contributed by atoms with Crippen LogP contribution in [0.3, 0.4) is 0 Å². The lowest BCUT2D eigenvalue weighted by Gasteiger charge is -2.13. The largest absolute Gasteiger partial charge is 0.494 e. The van der Waals surface area contributed by atoms with Gasteiger partial charge in [-0.15, -0.1) is 0 Å². The number of methoxy groups -OCH3 is 1. The first-order valence-electron chi connectivity index (χ1n) is 9.73. The van der Waals surface area contributed by atoms with Crippen molar-refractivity contribution in [2.45, 2.75) is 19.6 Å². The summed E-state index contributed by atoms with van der Waals surface area (Å²) < 4.78 is 19.4. The lowest BCUT2D eigenvalue weighted by Crippen LogP contribution is -2.10. The predicted molar refractivity (Wildman–Crippen MR) is 114 cm³/mol. The molecule has 0 saturated carbocycles. The smallest absolute Gasteiger partial charge is 0.161 e. The quantitative estimate of drug-likeness (QED) is 0.375. The van der Waals surface area contributed by atoms with Crippen molar-refractivity contribution in [1.82, 2.24) is 9.55 Å². The van der Waals surface area contributed by atoms with Gasteiger partial charge < -0.3 is 18.8 Å². The van der Waals surface area contributed by atoms with Crippen molar-refractivity contribution in [3.63, 3.8) is 0 Å². The Hall–Kier alpha value is -3.47. The fraction of sp³-hybridized carbons (Fsp3) is 0.208. The van der Waals surface area contributed by atoms with Crippen LogP contribution in [0.25, 0.3) is 11.0 Å². The first-order chi connectivity index (χ1) is 14.3. The van der Waals surface area contributed by atoms with Crippen molar-refractivity contribution >= 4 is 11.0 Å². The summed E-state index contributed by atoms with van der Waals surface area (Å²) in [6.07, 6.45) is 0.872. The van der Waals surface area contributed by atoms with Crippen LogP contribution in [-0.4, -0.2) is 23.3 Å². The Kier molecular flexibility index (Phi) is 5.95. The van der Waals surface area contributed by atoms with E-state index in [0.717, 1.165) is 35.6 Å². The monoisotopic (exact) mass is 388 g/mol. The van der Waals surface area contributed by atoms with Gasteiger partial charge in [0.05, 0.1) is 24.8 Å². The number of imidazole rings is 1. The second-order valence-electron chi connectivity index (χ2n) is 6.62. The van der Waals surface area contributed by atoms with Crippen LogP contribution >= 0.6 is 0 Å². The number of aryl methyl sites for hydroxylation is 1. The van der Waals surface area contributed by atoms with Crippen LogP contribution in [0.4, 0.5) is 0 Å². The van der Waals surface area contributed by atoms with Gasteiger partial charge in [-0.1, -0.05) is 42.5 Å². The minimum Gasteiger partial charge on any atom is -0.494 e. The summed E-state index contributed by atoms with van der Waals surface area (Å²) in [4.78, 5) is 4.78. The molecule has 148 valence electrons. The number of benzene rings is 3. The Labute approximate surface area is 170 Å². The van der Waals surface area contributed by atoms with E-state index >= 15 is 0 Å². The second-order valence-corrected chi connectivity index (χ2v) is 6.62. The third kappa shape index (κ3) is 4.51. The third-order valence-electron chi connectivity index (χ3n) is 4.70. The van der Waals surface area contributed by atoms with E-state index in [-0.39, 0.29) is 0 Å². The fourth-order valence-corrected chi connectivity index (χ4v) is 3.29. The molecule has 0 N–H and O–H groups in total. The molecule has 4 rings (SSSR count). The molecule has 5 nitrogen and oxygen atoms in total. The Morgan fingerprint density at radius 3 is 2.34 bits per heavy atom. The molecular weight excluding hydrogens is 364 g/mol. The van der Waals surface area contributed by atoms with E-state index in [0.29, 0.717) is 24.7 Å². The van der Waals surface area contributed by atoms with Gasteiger partial charge in [0, 0.05) is 6.54 Å². The van der Waals surface area contributed by atoms with Gasteiger partial charge >= 0.3 is 0 Å².